The van der Waals surface area contributed by atoms with Gasteiger partial charge in [0.2, 0.25) is 5.91 Å². The van der Waals surface area contributed by atoms with Crippen LogP contribution < -0.4 is 11.1 Å². The molecule has 0 unspecified atom stereocenters. The Morgan fingerprint density at radius 3 is 2.28 bits per heavy atom. The van der Waals surface area contributed by atoms with Crippen molar-refractivity contribution >= 4 is 28.4 Å². The van der Waals surface area contributed by atoms with Crippen molar-refractivity contribution in [1.29, 1.82) is 0 Å². The maximum absolute atomic E-state index is 13.3. The van der Waals surface area contributed by atoms with Crippen LogP contribution in [0.5, 0.6) is 0 Å². The van der Waals surface area contributed by atoms with Crippen LogP contribution in [0.15, 0.2) is 84.9 Å². The lowest BCUT2D eigenvalue weighted by molar-refractivity contribution is -0.123. The molecule has 4 aromatic rings. The van der Waals surface area contributed by atoms with Gasteiger partial charge in [-0.2, -0.15) is 0 Å². The van der Waals surface area contributed by atoms with Crippen molar-refractivity contribution in [2.45, 2.75) is 25.8 Å². The predicted molar refractivity (Wildman–Crippen MR) is 144 cm³/mol. The SMILES string of the molecule is NC(=O)C1CCN(CCc2ccc(NC(=O)c3cc4ccccc4n3Cc3ccccc3)cc2)CC1. The first kappa shape index (κ1) is 23.8. The molecule has 0 saturated carbocycles. The first-order valence-corrected chi connectivity index (χ1v) is 12.6. The summed E-state index contributed by atoms with van der Waals surface area (Å²) in [5, 5.41) is 4.13. The largest absolute Gasteiger partial charge is 0.369 e. The van der Waals surface area contributed by atoms with E-state index >= 15 is 0 Å². The van der Waals surface area contributed by atoms with E-state index < -0.39 is 0 Å². The first-order chi connectivity index (χ1) is 17.6. The van der Waals surface area contributed by atoms with Gasteiger partial charge in [-0.25, -0.2) is 0 Å². The predicted octanol–water partition coefficient (Wildman–Crippen LogP) is 4.68. The highest BCUT2D eigenvalue weighted by Gasteiger charge is 2.22. The van der Waals surface area contributed by atoms with Crippen LogP contribution in [0.4, 0.5) is 5.69 Å². The molecule has 1 aliphatic rings. The Labute approximate surface area is 211 Å². The Morgan fingerprint density at radius 1 is 0.861 bits per heavy atom. The van der Waals surface area contributed by atoms with E-state index in [1.165, 1.54) is 5.56 Å². The number of fused-ring (bicyclic) bond motifs is 1. The van der Waals surface area contributed by atoms with Gasteiger partial charge < -0.3 is 20.5 Å². The molecule has 5 rings (SSSR count). The highest BCUT2D eigenvalue weighted by molar-refractivity contribution is 6.06. The normalized spacial score (nSPS) is 14.7. The summed E-state index contributed by atoms with van der Waals surface area (Å²) < 4.78 is 2.08. The number of hydrogen-bond donors (Lipinski definition) is 2. The van der Waals surface area contributed by atoms with Crippen molar-refractivity contribution < 1.29 is 9.59 Å². The van der Waals surface area contributed by atoms with Crippen LogP contribution in [-0.2, 0) is 17.8 Å². The Balaban J connectivity index is 1.23. The fourth-order valence-corrected chi connectivity index (χ4v) is 5.01. The number of carbonyl (C=O) groups is 2. The number of piperidine rings is 1. The van der Waals surface area contributed by atoms with Crippen molar-refractivity contribution in [2.75, 3.05) is 25.0 Å². The minimum atomic E-state index is -0.173. The topological polar surface area (TPSA) is 80.4 Å². The summed E-state index contributed by atoms with van der Waals surface area (Å²) in [5.41, 5.74) is 10.3. The molecule has 6 heteroatoms. The van der Waals surface area contributed by atoms with Crippen LogP contribution in [0.1, 0.15) is 34.5 Å². The highest BCUT2D eigenvalue weighted by Crippen LogP contribution is 2.23. The van der Waals surface area contributed by atoms with Gasteiger partial charge in [-0.1, -0.05) is 60.7 Å². The second-order valence-electron chi connectivity index (χ2n) is 9.58. The second kappa shape index (κ2) is 10.8. The Bertz CT molecular complexity index is 1340. The zero-order valence-corrected chi connectivity index (χ0v) is 20.4. The van der Waals surface area contributed by atoms with Gasteiger partial charge in [0, 0.05) is 35.6 Å². The van der Waals surface area contributed by atoms with Crippen LogP contribution in [0.2, 0.25) is 0 Å². The average Bonchev–Trinajstić information content (AvgIpc) is 3.27. The van der Waals surface area contributed by atoms with E-state index in [1.807, 2.05) is 54.6 Å². The van der Waals surface area contributed by atoms with E-state index in [1.54, 1.807) is 0 Å². The summed E-state index contributed by atoms with van der Waals surface area (Å²) in [6.45, 7) is 3.42. The summed E-state index contributed by atoms with van der Waals surface area (Å²) in [7, 11) is 0. The molecule has 184 valence electrons. The smallest absolute Gasteiger partial charge is 0.272 e. The minimum Gasteiger partial charge on any atom is -0.369 e. The quantitative estimate of drug-likeness (QED) is 0.384. The van der Waals surface area contributed by atoms with Crippen molar-refractivity contribution in [1.82, 2.24) is 9.47 Å². The van der Waals surface area contributed by atoms with E-state index in [-0.39, 0.29) is 17.7 Å². The summed E-state index contributed by atoms with van der Waals surface area (Å²) in [6.07, 6.45) is 2.63. The number of hydrogen-bond acceptors (Lipinski definition) is 3. The molecule has 0 bridgehead atoms. The molecular formula is C30H32N4O2. The number of likely N-dealkylation sites (tertiary alicyclic amines) is 1. The molecule has 0 spiro atoms. The second-order valence-corrected chi connectivity index (χ2v) is 9.58. The number of para-hydroxylation sites is 1. The third-order valence-corrected chi connectivity index (χ3v) is 7.15. The molecule has 1 saturated heterocycles. The third-order valence-electron chi connectivity index (χ3n) is 7.15. The number of benzene rings is 3. The van der Waals surface area contributed by atoms with Crippen molar-refractivity contribution in [2.24, 2.45) is 11.7 Å². The van der Waals surface area contributed by atoms with Crippen LogP contribution in [-0.4, -0.2) is 40.9 Å². The van der Waals surface area contributed by atoms with E-state index in [9.17, 15) is 9.59 Å². The van der Waals surface area contributed by atoms with E-state index in [4.69, 9.17) is 5.73 Å². The van der Waals surface area contributed by atoms with Crippen molar-refractivity contribution in [3.8, 4) is 0 Å². The average molecular weight is 481 g/mol. The lowest BCUT2D eigenvalue weighted by Gasteiger charge is -2.30. The lowest BCUT2D eigenvalue weighted by atomic mass is 9.96. The molecule has 1 aliphatic heterocycles. The van der Waals surface area contributed by atoms with Crippen LogP contribution in [0.3, 0.4) is 0 Å². The standard InChI is InChI=1S/C30H32N4O2/c31-29(35)24-15-18-33(19-16-24)17-14-22-10-12-26(13-11-22)32-30(36)28-20-25-8-4-5-9-27(25)34(28)21-23-6-2-1-3-7-23/h1-13,20,24H,14-19,21H2,(H2,31,35)(H,32,36). The number of anilines is 1. The molecule has 0 aliphatic carbocycles. The summed E-state index contributed by atoms with van der Waals surface area (Å²) >= 11 is 0. The summed E-state index contributed by atoms with van der Waals surface area (Å²) in [5.74, 6) is -0.268. The summed E-state index contributed by atoms with van der Waals surface area (Å²) in [6, 6.07) is 28.3. The van der Waals surface area contributed by atoms with Gasteiger partial charge in [0.15, 0.2) is 0 Å². The fraction of sp³-hybridized carbons (Fsp3) is 0.267. The van der Waals surface area contributed by atoms with Crippen LogP contribution in [0.25, 0.3) is 10.9 Å². The number of nitrogens with two attached hydrogens (primary N) is 1. The van der Waals surface area contributed by atoms with Gasteiger partial charge in [0.1, 0.15) is 5.69 Å². The van der Waals surface area contributed by atoms with E-state index in [0.29, 0.717) is 12.2 Å². The monoisotopic (exact) mass is 480 g/mol. The van der Waals surface area contributed by atoms with E-state index in [2.05, 4.69) is 45.1 Å². The van der Waals surface area contributed by atoms with Gasteiger partial charge in [0.25, 0.3) is 5.91 Å². The molecule has 0 radical (unpaired) electrons. The molecule has 3 aromatic carbocycles. The fourth-order valence-electron chi connectivity index (χ4n) is 5.01. The maximum atomic E-state index is 13.3. The number of nitrogens with zero attached hydrogens (tertiary/aromatic N) is 2. The van der Waals surface area contributed by atoms with Crippen molar-refractivity contribution in [3.05, 3.63) is 102 Å². The number of nitrogens with one attached hydrogen (secondary N) is 1. The molecule has 3 N–H and O–H groups in total. The Morgan fingerprint density at radius 2 is 1.56 bits per heavy atom. The van der Waals surface area contributed by atoms with Gasteiger partial charge in [0.05, 0.1) is 0 Å². The van der Waals surface area contributed by atoms with Gasteiger partial charge >= 0.3 is 0 Å². The number of carbonyl (C=O) groups excluding carboxylic acids is 2. The van der Waals surface area contributed by atoms with Gasteiger partial charge in [-0.3, -0.25) is 9.59 Å². The Hall–Kier alpha value is -3.90. The molecule has 1 fully saturated rings. The maximum Gasteiger partial charge on any atom is 0.272 e. The zero-order valence-electron chi connectivity index (χ0n) is 20.4. The molecule has 6 nitrogen and oxygen atoms in total. The van der Waals surface area contributed by atoms with Crippen LogP contribution in [0, 0.1) is 5.92 Å². The minimum absolute atomic E-state index is 0.0236. The summed E-state index contributed by atoms with van der Waals surface area (Å²) in [4.78, 5) is 27.1. The number of rotatable bonds is 8. The molecule has 2 heterocycles. The third kappa shape index (κ3) is 5.50. The molecular weight excluding hydrogens is 448 g/mol. The first-order valence-electron chi connectivity index (χ1n) is 12.6. The molecule has 1 aromatic heterocycles. The zero-order chi connectivity index (χ0) is 24.9. The number of amides is 2. The molecule has 36 heavy (non-hydrogen) atoms. The number of primary amides is 1. The van der Waals surface area contributed by atoms with Crippen LogP contribution >= 0.6 is 0 Å². The Kier molecular flexibility index (Phi) is 7.14. The van der Waals surface area contributed by atoms with Gasteiger partial charge in [-0.05, 0) is 67.7 Å². The van der Waals surface area contributed by atoms with Crippen molar-refractivity contribution in [3.63, 3.8) is 0 Å². The van der Waals surface area contributed by atoms with E-state index in [0.717, 1.165) is 61.1 Å². The highest BCUT2D eigenvalue weighted by atomic mass is 16.2. The van der Waals surface area contributed by atoms with Gasteiger partial charge in [-0.15, -0.1) is 0 Å². The molecule has 2 amide bonds. The lowest BCUT2D eigenvalue weighted by Crippen LogP contribution is -2.39. The number of aromatic nitrogens is 1. The molecule has 0 atom stereocenters.